The quantitative estimate of drug-likeness (QED) is 0.928. The van der Waals surface area contributed by atoms with Crippen LogP contribution in [0.2, 0.25) is 0 Å². The van der Waals surface area contributed by atoms with Crippen LogP contribution in [0.4, 0.5) is 5.69 Å². The van der Waals surface area contributed by atoms with Crippen LogP contribution >= 0.6 is 15.9 Å². The van der Waals surface area contributed by atoms with Crippen LogP contribution in [0.1, 0.15) is 26.3 Å². The van der Waals surface area contributed by atoms with Crippen molar-refractivity contribution in [2.24, 2.45) is 5.73 Å². The number of hydrogen-bond donors (Lipinski definition) is 1. The molecule has 2 N–H and O–H groups in total. The topological polar surface area (TPSA) is 38.5 Å². The summed E-state index contributed by atoms with van der Waals surface area (Å²) in [6.07, 6.45) is 0.908. The standard InChI is InChI=1S/C15H23BrN2O/c1-11(17)8-12-4-5-14(13(16)9-12)18-6-7-19-10-15(18,2)3/h4-5,9,11H,6-8,10,17H2,1-3H3. The van der Waals surface area contributed by atoms with Gasteiger partial charge in [-0.25, -0.2) is 0 Å². The molecule has 1 aliphatic heterocycles. The van der Waals surface area contributed by atoms with E-state index in [1.807, 2.05) is 6.92 Å². The molecule has 0 aliphatic carbocycles. The van der Waals surface area contributed by atoms with Crippen LogP contribution in [0, 0.1) is 0 Å². The molecule has 1 aliphatic rings. The van der Waals surface area contributed by atoms with Crippen LogP contribution in [0.15, 0.2) is 22.7 Å². The van der Waals surface area contributed by atoms with Gasteiger partial charge in [-0.05, 0) is 60.8 Å². The fourth-order valence-corrected chi connectivity index (χ4v) is 3.21. The lowest BCUT2D eigenvalue weighted by molar-refractivity contribution is 0.0643. The fourth-order valence-electron chi connectivity index (χ4n) is 2.57. The van der Waals surface area contributed by atoms with E-state index in [-0.39, 0.29) is 11.6 Å². The number of halogens is 1. The third-order valence-electron chi connectivity index (χ3n) is 3.51. The van der Waals surface area contributed by atoms with E-state index in [1.54, 1.807) is 0 Å². The summed E-state index contributed by atoms with van der Waals surface area (Å²) in [6, 6.07) is 6.74. The molecule has 0 aromatic heterocycles. The van der Waals surface area contributed by atoms with Gasteiger partial charge in [-0.2, -0.15) is 0 Å². The summed E-state index contributed by atoms with van der Waals surface area (Å²) in [5.41, 5.74) is 8.40. The highest BCUT2D eigenvalue weighted by atomic mass is 79.9. The van der Waals surface area contributed by atoms with Crippen LogP contribution in [-0.2, 0) is 11.2 Å². The average molecular weight is 327 g/mol. The number of anilines is 1. The highest BCUT2D eigenvalue weighted by Crippen LogP contribution is 2.33. The monoisotopic (exact) mass is 326 g/mol. The minimum atomic E-state index is 0.0312. The Hall–Kier alpha value is -0.580. The summed E-state index contributed by atoms with van der Waals surface area (Å²) >= 11 is 3.70. The SMILES string of the molecule is CC(N)Cc1ccc(N2CCOCC2(C)C)c(Br)c1. The lowest BCUT2D eigenvalue weighted by Gasteiger charge is -2.44. The molecule has 4 heteroatoms. The van der Waals surface area contributed by atoms with Gasteiger partial charge in [0.25, 0.3) is 0 Å². The molecule has 0 spiro atoms. The van der Waals surface area contributed by atoms with E-state index < -0.39 is 0 Å². The number of ether oxygens (including phenoxy) is 1. The summed E-state index contributed by atoms with van der Waals surface area (Å²) in [5.74, 6) is 0. The molecule has 0 bridgehead atoms. The van der Waals surface area contributed by atoms with Gasteiger partial charge in [-0.1, -0.05) is 6.07 Å². The van der Waals surface area contributed by atoms with Gasteiger partial charge in [0.1, 0.15) is 0 Å². The molecule has 106 valence electrons. The Morgan fingerprint density at radius 2 is 2.21 bits per heavy atom. The van der Waals surface area contributed by atoms with E-state index in [0.29, 0.717) is 0 Å². The Bertz CT molecular complexity index is 446. The maximum absolute atomic E-state index is 5.86. The first-order valence-corrected chi connectivity index (χ1v) is 7.59. The molecule has 1 aromatic carbocycles. The summed E-state index contributed by atoms with van der Waals surface area (Å²) in [7, 11) is 0. The number of nitrogens with zero attached hydrogens (tertiary/aromatic N) is 1. The largest absolute Gasteiger partial charge is 0.377 e. The Morgan fingerprint density at radius 3 is 2.79 bits per heavy atom. The Kier molecular flexibility index (Phi) is 4.54. The lowest BCUT2D eigenvalue weighted by atomic mass is 10.0. The molecule has 1 saturated heterocycles. The molecule has 1 aromatic rings. The number of hydrogen-bond acceptors (Lipinski definition) is 3. The van der Waals surface area contributed by atoms with Gasteiger partial charge in [0, 0.05) is 17.1 Å². The molecule has 1 heterocycles. The number of rotatable bonds is 3. The number of benzene rings is 1. The van der Waals surface area contributed by atoms with Crippen molar-refractivity contribution in [2.75, 3.05) is 24.7 Å². The zero-order valence-corrected chi connectivity index (χ0v) is 13.5. The predicted molar refractivity (Wildman–Crippen MR) is 83.7 cm³/mol. The smallest absolute Gasteiger partial charge is 0.0694 e. The van der Waals surface area contributed by atoms with E-state index in [4.69, 9.17) is 10.5 Å². The van der Waals surface area contributed by atoms with Gasteiger partial charge in [0.05, 0.1) is 24.4 Å². The zero-order valence-electron chi connectivity index (χ0n) is 11.9. The van der Waals surface area contributed by atoms with Crippen molar-refractivity contribution < 1.29 is 4.74 Å². The summed E-state index contributed by atoms with van der Waals surface area (Å²) in [5, 5.41) is 0. The second-order valence-corrected chi connectivity index (χ2v) is 6.84. The van der Waals surface area contributed by atoms with E-state index in [0.717, 1.165) is 30.7 Å². The van der Waals surface area contributed by atoms with Gasteiger partial charge in [-0.15, -0.1) is 0 Å². The fraction of sp³-hybridized carbons (Fsp3) is 0.600. The van der Waals surface area contributed by atoms with Gasteiger partial charge in [0.15, 0.2) is 0 Å². The van der Waals surface area contributed by atoms with Crippen molar-refractivity contribution in [2.45, 2.75) is 38.8 Å². The molecule has 1 atom stereocenters. The third-order valence-corrected chi connectivity index (χ3v) is 4.14. The van der Waals surface area contributed by atoms with Crippen molar-refractivity contribution in [1.29, 1.82) is 0 Å². The number of nitrogens with two attached hydrogens (primary N) is 1. The third kappa shape index (κ3) is 3.50. The highest BCUT2D eigenvalue weighted by molar-refractivity contribution is 9.10. The van der Waals surface area contributed by atoms with Crippen LogP contribution in [0.25, 0.3) is 0 Å². The predicted octanol–water partition coefficient (Wildman–Crippen LogP) is 2.95. The van der Waals surface area contributed by atoms with Crippen molar-refractivity contribution >= 4 is 21.6 Å². The maximum Gasteiger partial charge on any atom is 0.0694 e. The van der Waals surface area contributed by atoms with E-state index >= 15 is 0 Å². The molecular formula is C15H23BrN2O. The minimum absolute atomic E-state index is 0.0312. The van der Waals surface area contributed by atoms with Crippen molar-refractivity contribution in [3.8, 4) is 0 Å². The molecule has 19 heavy (non-hydrogen) atoms. The molecular weight excluding hydrogens is 304 g/mol. The van der Waals surface area contributed by atoms with Gasteiger partial charge in [-0.3, -0.25) is 0 Å². The minimum Gasteiger partial charge on any atom is -0.377 e. The van der Waals surface area contributed by atoms with Crippen molar-refractivity contribution in [3.63, 3.8) is 0 Å². The van der Waals surface area contributed by atoms with Crippen LogP contribution in [0.5, 0.6) is 0 Å². The summed E-state index contributed by atoms with van der Waals surface area (Å²) in [4.78, 5) is 2.41. The Morgan fingerprint density at radius 1 is 1.47 bits per heavy atom. The zero-order chi connectivity index (χ0) is 14.0. The first-order valence-electron chi connectivity index (χ1n) is 6.79. The van der Waals surface area contributed by atoms with Gasteiger partial charge >= 0.3 is 0 Å². The summed E-state index contributed by atoms with van der Waals surface area (Å²) < 4.78 is 6.72. The second-order valence-electron chi connectivity index (χ2n) is 5.98. The maximum atomic E-state index is 5.86. The lowest BCUT2D eigenvalue weighted by Crippen LogP contribution is -2.53. The molecule has 0 radical (unpaired) electrons. The molecule has 1 fully saturated rings. The van der Waals surface area contributed by atoms with Crippen LogP contribution < -0.4 is 10.6 Å². The van der Waals surface area contributed by atoms with Crippen molar-refractivity contribution in [1.82, 2.24) is 0 Å². The van der Waals surface area contributed by atoms with Crippen molar-refractivity contribution in [3.05, 3.63) is 28.2 Å². The first kappa shape index (κ1) is 14.8. The average Bonchev–Trinajstić information content (AvgIpc) is 2.29. The molecule has 0 amide bonds. The van der Waals surface area contributed by atoms with Gasteiger partial charge < -0.3 is 15.4 Å². The van der Waals surface area contributed by atoms with E-state index in [2.05, 4.69) is 52.9 Å². The molecule has 3 nitrogen and oxygen atoms in total. The first-order chi connectivity index (χ1) is 8.90. The van der Waals surface area contributed by atoms with Crippen LogP contribution in [-0.4, -0.2) is 31.3 Å². The second kappa shape index (κ2) is 5.81. The molecule has 1 unspecified atom stereocenters. The Labute approximate surface area is 124 Å². The Balaban J connectivity index is 2.25. The van der Waals surface area contributed by atoms with Crippen LogP contribution in [0.3, 0.4) is 0 Å². The van der Waals surface area contributed by atoms with E-state index in [1.165, 1.54) is 11.3 Å². The highest BCUT2D eigenvalue weighted by Gasteiger charge is 2.31. The number of morpholine rings is 1. The summed E-state index contributed by atoms with van der Waals surface area (Å²) in [6.45, 7) is 8.95. The normalized spacial score (nSPS) is 20.4. The van der Waals surface area contributed by atoms with Gasteiger partial charge in [0.2, 0.25) is 0 Å². The molecule has 2 rings (SSSR count). The molecule has 0 saturated carbocycles. The van der Waals surface area contributed by atoms with E-state index in [9.17, 15) is 0 Å².